The summed E-state index contributed by atoms with van der Waals surface area (Å²) in [5.41, 5.74) is 1.75. The van der Waals surface area contributed by atoms with Gasteiger partial charge in [-0.3, -0.25) is 14.8 Å². The fraction of sp³-hybridized carbons (Fsp3) is 0.214. The van der Waals surface area contributed by atoms with E-state index < -0.39 is 0 Å². The van der Waals surface area contributed by atoms with Crippen LogP contribution in [0.3, 0.4) is 0 Å². The molecular formula is C14H13N5O2S. The molecule has 7 nitrogen and oxygen atoms in total. The van der Waals surface area contributed by atoms with Crippen LogP contribution < -0.4 is 0 Å². The average Bonchev–Trinajstić information content (AvgIpc) is 2.90. The molecule has 0 spiro atoms. The molecule has 0 saturated heterocycles. The Morgan fingerprint density at radius 3 is 2.95 bits per heavy atom. The first-order chi connectivity index (χ1) is 10.6. The van der Waals surface area contributed by atoms with Gasteiger partial charge in [0.25, 0.3) is 5.69 Å². The smallest absolute Gasteiger partial charge is 0.258 e. The van der Waals surface area contributed by atoms with Gasteiger partial charge < -0.3 is 0 Å². The average molecular weight is 315 g/mol. The van der Waals surface area contributed by atoms with Gasteiger partial charge in [-0.15, -0.1) is 0 Å². The lowest BCUT2D eigenvalue weighted by Gasteiger charge is -2.11. The highest BCUT2D eigenvalue weighted by Crippen LogP contribution is 2.37. The molecule has 0 aliphatic rings. The van der Waals surface area contributed by atoms with Crippen LogP contribution in [0.25, 0.3) is 11.0 Å². The molecule has 3 rings (SSSR count). The van der Waals surface area contributed by atoms with Crippen LogP contribution in [0, 0.1) is 10.1 Å². The molecule has 1 aromatic carbocycles. The van der Waals surface area contributed by atoms with E-state index in [1.807, 2.05) is 20.0 Å². The van der Waals surface area contributed by atoms with Crippen LogP contribution in [0.2, 0.25) is 0 Å². The normalized spacial score (nSPS) is 12.5. The van der Waals surface area contributed by atoms with Crippen LogP contribution in [0.4, 0.5) is 5.69 Å². The van der Waals surface area contributed by atoms with Gasteiger partial charge in [-0.25, -0.2) is 9.97 Å². The molecule has 0 radical (unpaired) electrons. The van der Waals surface area contributed by atoms with Gasteiger partial charge in [0.2, 0.25) is 0 Å². The first-order valence-electron chi connectivity index (χ1n) is 6.60. The summed E-state index contributed by atoms with van der Waals surface area (Å²) in [5, 5.41) is 16.8. The number of hydrogen-bond acceptors (Lipinski definition) is 6. The SMILES string of the molecule is C[C@H](Sc1ncnc2c1cnn2C)c1cccc([N+](=O)[O-])c1. The molecule has 2 heterocycles. The van der Waals surface area contributed by atoms with Crippen molar-refractivity contribution in [2.24, 2.45) is 7.05 Å². The molecule has 8 heteroatoms. The van der Waals surface area contributed by atoms with E-state index >= 15 is 0 Å². The van der Waals surface area contributed by atoms with Crippen molar-refractivity contribution in [2.45, 2.75) is 17.2 Å². The highest BCUT2D eigenvalue weighted by atomic mass is 32.2. The summed E-state index contributed by atoms with van der Waals surface area (Å²) in [7, 11) is 1.83. The fourth-order valence-corrected chi connectivity index (χ4v) is 3.16. The maximum absolute atomic E-state index is 10.9. The van der Waals surface area contributed by atoms with Gasteiger partial charge in [-0.05, 0) is 12.5 Å². The van der Waals surface area contributed by atoms with E-state index in [1.54, 1.807) is 23.0 Å². The molecule has 2 aromatic heterocycles. The molecule has 0 bridgehead atoms. The van der Waals surface area contributed by atoms with Crippen LogP contribution in [-0.2, 0) is 7.05 Å². The lowest BCUT2D eigenvalue weighted by molar-refractivity contribution is -0.384. The van der Waals surface area contributed by atoms with E-state index in [1.165, 1.54) is 24.2 Å². The Hall–Kier alpha value is -2.48. The number of aromatic nitrogens is 4. The highest BCUT2D eigenvalue weighted by Gasteiger charge is 2.15. The summed E-state index contributed by atoms with van der Waals surface area (Å²) < 4.78 is 1.69. The molecule has 0 unspecified atom stereocenters. The summed E-state index contributed by atoms with van der Waals surface area (Å²) in [5.74, 6) is 0. The molecule has 0 aliphatic carbocycles. The van der Waals surface area contributed by atoms with Crippen molar-refractivity contribution in [1.29, 1.82) is 0 Å². The van der Waals surface area contributed by atoms with Crippen LogP contribution in [0.5, 0.6) is 0 Å². The Bertz CT molecular complexity index is 848. The number of rotatable bonds is 4. The predicted octanol–water partition coefficient (Wildman–Crippen LogP) is 3.12. The summed E-state index contributed by atoms with van der Waals surface area (Å²) in [6.45, 7) is 1.99. The third-order valence-corrected chi connectivity index (χ3v) is 4.51. The number of fused-ring (bicyclic) bond motifs is 1. The molecule has 3 aromatic rings. The van der Waals surface area contributed by atoms with Crippen LogP contribution >= 0.6 is 11.8 Å². The number of thioether (sulfide) groups is 1. The number of nitro benzene ring substituents is 1. The predicted molar refractivity (Wildman–Crippen MR) is 83.7 cm³/mol. The number of non-ortho nitro benzene ring substituents is 1. The van der Waals surface area contributed by atoms with E-state index in [9.17, 15) is 10.1 Å². The Balaban J connectivity index is 1.91. The van der Waals surface area contributed by atoms with Gasteiger partial charge >= 0.3 is 0 Å². The van der Waals surface area contributed by atoms with Crippen LogP contribution in [0.15, 0.2) is 41.8 Å². The highest BCUT2D eigenvalue weighted by molar-refractivity contribution is 7.99. The minimum Gasteiger partial charge on any atom is -0.258 e. The zero-order valence-corrected chi connectivity index (χ0v) is 12.8. The zero-order valence-electron chi connectivity index (χ0n) is 12.0. The summed E-state index contributed by atoms with van der Waals surface area (Å²) >= 11 is 1.53. The third kappa shape index (κ3) is 2.64. The topological polar surface area (TPSA) is 86.7 Å². The molecular weight excluding hydrogens is 302 g/mol. The second kappa shape index (κ2) is 5.72. The first-order valence-corrected chi connectivity index (χ1v) is 7.48. The molecule has 0 saturated carbocycles. The number of benzene rings is 1. The quantitative estimate of drug-likeness (QED) is 0.318. The third-order valence-electron chi connectivity index (χ3n) is 3.33. The van der Waals surface area contributed by atoms with Gasteiger partial charge in [0.05, 0.1) is 16.5 Å². The van der Waals surface area contributed by atoms with Crippen LogP contribution in [0.1, 0.15) is 17.7 Å². The minimum atomic E-state index is -0.384. The van der Waals surface area contributed by atoms with Crippen molar-refractivity contribution >= 4 is 28.5 Å². The van der Waals surface area contributed by atoms with E-state index in [2.05, 4.69) is 15.1 Å². The van der Waals surface area contributed by atoms with Crippen LogP contribution in [-0.4, -0.2) is 24.7 Å². The number of hydrogen-bond donors (Lipinski definition) is 0. The van der Waals surface area contributed by atoms with E-state index in [4.69, 9.17) is 0 Å². The molecule has 1 atom stereocenters. The Morgan fingerprint density at radius 1 is 1.36 bits per heavy atom. The van der Waals surface area contributed by atoms with Gasteiger partial charge in [0, 0.05) is 24.4 Å². The van der Waals surface area contributed by atoms with E-state index in [-0.39, 0.29) is 15.9 Å². The standard InChI is InChI=1S/C14H13N5O2S/c1-9(10-4-3-5-11(6-10)19(20)21)22-14-12-7-17-18(2)13(12)15-8-16-14/h3-9H,1-2H3/t9-/m0/s1. The summed E-state index contributed by atoms with van der Waals surface area (Å²) in [4.78, 5) is 19.0. The fourth-order valence-electron chi connectivity index (χ4n) is 2.16. The zero-order chi connectivity index (χ0) is 15.7. The van der Waals surface area contributed by atoms with Crippen molar-refractivity contribution < 1.29 is 4.92 Å². The maximum atomic E-state index is 10.9. The second-order valence-electron chi connectivity index (χ2n) is 4.80. The number of nitro groups is 1. The lowest BCUT2D eigenvalue weighted by Crippen LogP contribution is -1.95. The minimum absolute atomic E-state index is 0.0261. The first kappa shape index (κ1) is 14.5. The van der Waals surface area contributed by atoms with Crippen molar-refractivity contribution in [3.63, 3.8) is 0 Å². The monoisotopic (exact) mass is 315 g/mol. The summed E-state index contributed by atoms with van der Waals surface area (Å²) in [6, 6.07) is 6.67. The van der Waals surface area contributed by atoms with Gasteiger partial charge in [0.1, 0.15) is 11.4 Å². The number of nitrogens with zero attached hydrogens (tertiary/aromatic N) is 5. The Morgan fingerprint density at radius 2 is 2.18 bits per heavy atom. The second-order valence-corrected chi connectivity index (χ2v) is 6.13. The van der Waals surface area contributed by atoms with Gasteiger partial charge in [0.15, 0.2) is 5.65 Å². The van der Waals surface area contributed by atoms with Crippen molar-refractivity contribution in [2.75, 3.05) is 0 Å². The van der Waals surface area contributed by atoms with E-state index in [0.29, 0.717) is 0 Å². The molecule has 0 amide bonds. The summed E-state index contributed by atoms with van der Waals surface area (Å²) in [6.07, 6.45) is 3.24. The molecule has 22 heavy (non-hydrogen) atoms. The lowest BCUT2D eigenvalue weighted by atomic mass is 10.1. The Labute approximate surface area is 130 Å². The largest absolute Gasteiger partial charge is 0.269 e. The molecule has 112 valence electrons. The molecule has 0 aliphatic heterocycles. The Kier molecular flexibility index (Phi) is 3.76. The van der Waals surface area contributed by atoms with Gasteiger partial charge in [-0.2, -0.15) is 5.10 Å². The van der Waals surface area contributed by atoms with Crippen molar-refractivity contribution in [3.05, 3.63) is 52.5 Å². The van der Waals surface area contributed by atoms with E-state index in [0.717, 1.165) is 21.6 Å². The molecule has 0 N–H and O–H groups in total. The maximum Gasteiger partial charge on any atom is 0.269 e. The van der Waals surface area contributed by atoms with Crippen molar-refractivity contribution in [1.82, 2.24) is 19.7 Å². The number of aryl methyl sites for hydroxylation is 1. The van der Waals surface area contributed by atoms with Crippen molar-refractivity contribution in [3.8, 4) is 0 Å². The molecule has 0 fully saturated rings. The van der Waals surface area contributed by atoms with Gasteiger partial charge in [-0.1, -0.05) is 23.9 Å².